The van der Waals surface area contributed by atoms with Gasteiger partial charge in [0.15, 0.2) is 0 Å². The van der Waals surface area contributed by atoms with Crippen molar-refractivity contribution in [2.45, 2.75) is 32.2 Å². The smallest absolute Gasteiger partial charge is 0.282 e. The molecule has 0 N–H and O–H groups in total. The third-order valence-electron chi connectivity index (χ3n) is 4.10. The number of piperidine rings is 1. The van der Waals surface area contributed by atoms with Crippen LogP contribution in [0.5, 0.6) is 0 Å². The molecule has 0 aliphatic carbocycles. The van der Waals surface area contributed by atoms with E-state index in [0.717, 1.165) is 44.2 Å². The average Bonchev–Trinajstić information content (AvgIpc) is 2.40. The number of nitrogens with zero attached hydrogens (tertiary/aromatic N) is 3. The number of halogens is 1. The number of hydrogen-bond acceptors (Lipinski definition) is 3. The SMILES string of the molecule is CC1CCCCN1S(=O)(=O)N1CCN(CCBr)CC1. The molecule has 5 nitrogen and oxygen atoms in total. The van der Waals surface area contributed by atoms with Gasteiger partial charge in [-0.2, -0.15) is 17.0 Å². The minimum atomic E-state index is -3.24. The number of rotatable bonds is 4. The predicted molar refractivity (Wildman–Crippen MR) is 80.7 cm³/mol. The second-order valence-corrected chi connectivity index (χ2v) is 8.07. The Morgan fingerprint density at radius 2 is 1.79 bits per heavy atom. The molecule has 19 heavy (non-hydrogen) atoms. The van der Waals surface area contributed by atoms with Crippen molar-refractivity contribution in [2.75, 3.05) is 44.6 Å². The predicted octanol–water partition coefficient (Wildman–Crippen LogP) is 1.12. The van der Waals surface area contributed by atoms with Gasteiger partial charge in [-0.05, 0) is 19.8 Å². The van der Waals surface area contributed by atoms with Crippen LogP contribution >= 0.6 is 15.9 Å². The van der Waals surface area contributed by atoms with E-state index in [1.54, 1.807) is 8.61 Å². The Labute approximate surface area is 125 Å². The Morgan fingerprint density at radius 3 is 2.37 bits per heavy atom. The fraction of sp³-hybridized carbons (Fsp3) is 1.00. The van der Waals surface area contributed by atoms with E-state index in [-0.39, 0.29) is 6.04 Å². The lowest BCUT2D eigenvalue weighted by atomic mass is 10.1. The summed E-state index contributed by atoms with van der Waals surface area (Å²) in [7, 11) is -3.24. The maximum Gasteiger partial charge on any atom is 0.282 e. The van der Waals surface area contributed by atoms with Crippen molar-refractivity contribution >= 4 is 26.1 Å². The van der Waals surface area contributed by atoms with Crippen molar-refractivity contribution in [1.29, 1.82) is 0 Å². The molecule has 0 radical (unpaired) electrons. The Balaban J connectivity index is 1.97. The molecule has 7 heteroatoms. The summed E-state index contributed by atoms with van der Waals surface area (Å²) in [6.07, 6.45) is 3.13. The van der Waals surface area contributed by atoms with E-state index in [2.05, 4.69) is 20.8 Å². The van der Waals surface area contributed by atoms with Gasteiger partial charge < -0.3 is 0 Å². The van der Waals surface area contributed by atoms with Crippen molar-refractivity contribution in [1.82, 2.24) is 13.5 Å². The lowest BCUT2D eigenvalue weighted by Gasteiger charge is -2.39. The monoisotopic (exact) mass is 353 g/mol. The zero-order valence-corrected chi connectivity index (χ0v) is 14.0. The third-order valence-corrected chi connectivity index (χ3v) is 6.60. The van der Waals surface area contributed by atoms with Crippen molar-refractivity contribution in [3.05, 3.63) is 0 Å². The normalized spacial score (nSPS) is 28.6. The first kappa shape index (κ1) is 15.7. The molecule has 0 aromatic carbocycles. The maximum absolute atomic E-state index is 12.6. The lowest BCUT2D eigenvalue weighted by Crippen LogP contribution is -2.55. The minimum absolute atomic E-state index is 0.152. The van der Waals surface area contributed by atoms with Crippen LogP contribution in [-0.2, 0) is 10.2 Å². The fourth-order valence-corrected chi connectivity index (χ4v) is 5.21. The zero-order chi connectivity index (χ0) is 13.9. The summed E-state index contributed by atoms with van der Waals surface area (Å²) >= 11 is 3.43. The highest BCUT2D eigenvalue weighted by Gasteiger charge is 2.35. The van der Waals surface area contributed by atoms with Gasteiger partial charge in [0.05, 0.1) is 0 Å². The van der Waals surface area contributed by atoms with E-state index < -0.39 is 10.2 Å². The lowest BCUT2D eigenvalue weighted by molar-refractivity contribution is 0.179. The van der Waals surface area contributed by atoms with Gasteiger partial charge >= 0.3 is 0 Å². The summed E-state index contributed by atoms with van der Waals surface area (Å²) in [6.45, 7) is 6.63. The first-order valence-electron chi connectivity index (χ1n) is 7.11. The van der Waals surface area contributed by atoms with Gasteiger partial charge in [-0.25, -0.2) is 0 Å². The summed E-state index contributed by atoms with van der Waals surface area (Å²) in [4.78, 5) is 2.31. The number of piperazine rings is 1. The number of hydrogen-bond donors (Lipinski definition) is 0. The molecular weight excluding hydrogens is 330 g/mol. The Bertz CT molecular complexity index is 382. The van der Waals surface area contributed by atoms with Crippen LogP contribution in [0.4, 0.5) is 0 Å². The van der Waals surface area contributed by atoms with Gasteiger partial charge in [-0.15, -0.1) is 0 Å². The zero-order valence-electron chi connectivity index (χ0n) is 11.6. The van der Waals surface area contributed by atoms with Gasteiger partial charge in [0.2, 0.25) is 0 Å². The van der Waals surface area contributed by atoms with E-state index in [1.807, 2.05) is 6.92 Å². The van der Waals surface area contributed by atoms with Crippen molar-refractivity contribution in [2.24, 2.45) is 0 Å². The molecule has 0 saturated carbocycles. The first-order chi connectivity index (χ1) is 9.05. The van der Waals surface area contributed by atoms with Crippen LogP contribution in [0.1, 0.15) is 26.2 Å². The van der Waals surface area contributed by atoms with Crippen LogP contribution in [0.25, 0.3) is 0 Å². The maximum atomic E-state index is 12.6. The first-order valence-corrected chi connectivity index (χ1v) is 9.63. The highest BCUT2D eigenvalue weighted by Crippen LogP contribution is 2.23. The van der Waals surface area contributed by atoms with Crippen LogP contribution in [0.3, 0.4) is 0 Å². The van der Waals surface area contributed by atoms with Gasteiger partial charge in [0, 0.05) is 50.6 Å². The van der Waals surface area contributed by atoms with Gasteiger partial charge in [0.1, 0.15) is 0 Å². The highest BCUT2D eigenvalue weighted by atomic mass is 79.9. The van der Waals surface area contributed by atoms with Crippen LogP contribution in [0, 0.1) is 0 Å². The second kappa shape index (κ2) is 6.85. The number of alkyl halides is 1. The Hall–Kier alpha value is 0.310. The molecule has 2 saturated heterocycles. The topological polar surface area (TPSA) is 43.9 Å². The summed E-state index contributed by atoms with van der Waals surface area (Å²) in [5.74, 6) is 0. The quantitative estimate of drug-likeness (QED) is 0.711. The molecule has 1 unspecified atom stereocenters. The fourth-order valence-electron chi connectivity index (χ4n) is 2.87. The largest absolute Gasteiger partial charge is 0.300 e. The average molecular weight is 354 g/mol. The van der Waals surface area contributed by atoms with Crippen LogP contribution in [0.15, 0.2) is 0 Å². The molecule has 0 spiro atoms. The van der Waals surface area contributed by atoms with E-state index in [1.165, 1.54) is 0 Å². The minimum Gasteiger partial charge on any atom is -0.300 e. The molecule has 0 bridgehead atoms. The molecule has 2 heterocycles. The Kier molecular flexibility index (Phi) is 5.65. The van der Waals surface area contributed by atoms with Crippen LogP contribution in [-0.4, -0.2) is 72.6 Å². The van der Waals surface area contributed by atoms with Crippen LogP contribution in [0.2, 0.25) is 0 Å². The van der Waals surface area contributed by atoms with E-state index in [0.29, 0.717) is 19.6 Å². The second-order valence-electron chi connectivity index (χ2n) is 5.39. The summed E-state index contributed by atoms with van der Waals surface area (Å²) in [5, 5.41) is 0.947. The highest BCUT2D eigenvalue weighted by molar-refractivity contribution is 9.09. The molecule has 112 valence electrons. The summed E-state index contributed by atoms with van der Waals surface area (Å²) < 4.78 is 28.7. The standard InChI is InChI=1S/C12H24BrN3O2S/c1-12-4-2-3-6-16(12)19(17,18)15-10-8-14(7-5-13)9-11-15/h12H,2-11H2,1H3. The molecule has 0 amide bonds. The van der Waals surface area contributed by atoms with Crippen molar-refractivity contribution in [3.63, 3.8) is 0 Å². The van der Waals surface area contributed by atoms with E-state index >= 15 is 0 Å². The summed E-state index contributed by atoms with van der Waals surface area (Å²) in [6, 6.07) is 0.152. The molecule has 0 aromatic heterocycles. The molecule has 1 atom stereocenters. The molecular formula is C12H24BrN3O2S. The van der Waals surface area contributed by atoms with Gasteiger partial charge in [0.25, 0.3) is 10.2 Å². The molecule has 2 aliphatic rings. The van der Waals surface area contributed by atoms with Crippen molar-refractivity contribution < 1.29 is 8.42 Å². The van der Waals surface area contributed by atoms with Crippen molar-refractivity contribution in [3.8, 4) is 0 Å². The van der Waals surface area contributed by atoms with Gasteiger partial charge in [-0.1, -0.05) is 22.4 Å². The molecule has 2 rings (SSSR count). The molecule has 2 aliphatic heterocycles. The summed E-state index contributed by atoms with van der Waals surface area (Å²) in [5.41, 5.74) is 0. The third kappa shape index (κ3) is 3.69. The van der Waals surface area contributed by atoms with E-state index in [9.17, 15) is 8.42 Å². The van der Waals surface area contributed by atoms with Gasteiger partial charge in [-0.3, -0.25) is 4.90 Å². The molecule has 2 fully saturated rings. The van der Waals surface area contributed by atoms with E-state index in [4.69, 9.17) is 0 Å². The molecule has 0 aromatic rings. The Morgan fingerprint density at radius 1 is 1.11 bits per heavy atom. The van der Waals surface area contributed by atoms with Crippen LogP contribution < -0.4 is 0 Å².